The number of pyridine rings is 1. The first kappa shape index (κ1) is 22.7. The molecule has 0 saturated carbocycles. The number of para-hydroxylation sites is 1. The molecular weight excluding hydrogens is 430 g/mol. The minimum atomic E-state index is -4.69. The lowest BCUT2D eigenvalue weighted by atomic mass is 10.1. The van der Waals surface area contributed by atoms with Crippen molar-refractivity contribution >= 4 is 17.5 Å². The number of rotatable bonds is 6. The van der Waals surface area contributed by atoms with Gasteiger partial charge in [-0.1, -0.05) is 36.4 Å². The highest BCUT2D eigenvalue weighted by atomic mass is 19.4. The fourth-order valence-corrected chi connectivity index (χ4v) is 2.96. The number of aromatic nitrogens is 1. The predicted octanol–water partition coefficient (Wildman–Crippen LogP) is 3.57. The second-order valence-electron chi connectivity index (χ2n) is 6.70. The first-order chi connectivity index (χ1) is 15.2. The van der Waals surface area contributed by atoms with Crippen molar-refractivity contribution in [2.24, 2.45) is 0 Å². The summed E-state index contributed by atoms with van der Waals surface area (Å²) < 4.78 is 53.9. The van der Waals surface area contributed by atoms with Crippen LogP contribution < -0.4 is 16.2 Å². The van der Waals surface area contributed by atoms with Gasteiger partial charge in [0, 0.05) is 18.2 Å². The van der Waals surface area contributed by atoms with Gasteiger partial charge >= 0.3 is 6.18 Å². The number of hydrogen-bond acceptors (Lipinski definition) is 3. The van der Waals surface area contributed by atoms with Crippen LogP contribution in [-0.4, -0.2) is 16.4 Å². The van der Waals surface area contributed by atoms with Gasteiger partial charge in [-0.15, -0.1) is 0 Å². The lowest BCUT2D eigenvalue weighted by molar-refractivity contribution is -0.137. The molecule has 2 N–H and O–H groups in total. The maximum atomic E-state index is 13.7. The van der Waals surface area contributed by atoms with Crippen LogP contribution in [0.3, 0.4) is 0 Å². The van der Waals surface area contributed by atoms with Gasteiger partial charge in [0.25, 0.3) is 11.5 Å². The standard InChI is InChI=1S/C22H17F4N3O3/c23-16-8-3-1-6-14(16)12-27-21(32)18-10-5-11-20(31)29(18)13-19(30)28-17-9-4-2-7-15(17)22(24,25)26/h1-11H,12-13H2,(H,27,32)(H,28,30). The highest BCUT2D eigenvalue weighted by molar-refractivity contribution is 5.95. The van der Waals surface area contributed by atoms with E-state index in [1.807, 2.05) is 0 Å². The van der Waals surface area contributed by atoms with E-state index in [2.05, 4.69) is 10.6 Å². The highest BCUT2D eigenvalue weighted by Crippen LogP contribution is 2.34. The van der Waals surface area contributed by atoms with Gasteiger partial charge < -0.3 is 10.6 Å². The van der Waals surface area contributed by atoms with Crippen LogP contribution in [0.15, 0.2) is 71.5 Å². The zero-order valence-corrected chi connectivity index (χ0v) is 16.4. The summed E-state index contributed by atoms with van der Waals surface area (Å²) in [6.07, 6.45) is -4.69. The average molecular weight is 447 g/mol. The van der Waals surface area contributed by atoms with E-state index in [0.717, 1.165) is 22.8 Å². The van der Waals surface area contributed by atoms with Crippen LogP contribution in [0.2, 0.25) is 0 Å². The van der Waals surface area contributed by atoms with Gasteiger partial charge in [-0.05, 0) is 24.3 Å². The Morgan fingerprint density at radius 3 is 2.31 bits per heavy atom. The normalized spacial score (nSPS) is 11.1. The molecular formula is C22H17F4N3O3. The first-order valence-electron chi connectivity index (χ1n) is 9.34. The first-order valence-corrected chi connectivity index (χ1v) is 9.34. The summed E-state index contributed by atoms with van der Waals surface area (Å²) in [6.45, 7) is -0.867. The molecule has 0 aliphatic heterocycles. The topological polar surface area (TPSA) is 80.2 Å². The van der Waals surface area contributed by atoms with Crippen molar-refractivity contribution < 1.29 is 27.2 Å². The molecule has 10 heteroatoms. The molecule has 0 spiro atoms. The Balaban J connectivity index is 1.78. The van der Waals surface area contributed by atoms with Crippen LogP contribution in [0.5, 0.6) is 0 Å². The Kier molecular flexibility index (Phi) is 6.72. The van der Waals surface area contributed by atoms with E-state index in [9.17, 15) is 31.9 Å². The Labute approximate surface area is 179 Å². The van der Waals surface area contributed by atoms with E-state index in [0.29, 0.717) is 0 Å². The number of carbonyl (C=O) groups excluding carboxylic acids is 2. The molecule has 0 unspecified atom stereocenters. The zero-order valence-electron chi connectivity index (χ0n) is 16.4. The molecule has 0 aliphatic rings. The molecule has 6 nitrogen and oxygen atoms in total. The number of anilines is 1. The van der Waals surface area contributed by atoms with Gasteiger partial charge in [0.2, 0.25) is 5.91 Å². The Hall–Kier alpha value is -3.95. The van der Waals surface area contributed by atoms with Gasteiger partial charge in [-0.2, -0.15) is 13.2 Å². The van der Waals surface area contributed by atoms with Crippen LogP contribution >= 0.6 is 0 Å². The Morgan fingerprint density at radius 2 is 1.59 bits per heavy atom. The van der Waals surface area contributed by atoms with E-state index < -0.39 is 47.2 Å². The van der Waals surface area contributed by atoms with Crippen molar-refractivity contribution in [2.45, 2.75) is 19.3 Å². The maximum absolute atomic E-state index is 13.7. The van der Waals surface area contributed by atoms with E-state index in [1.54, 1.807) is 6.07 Å². The molecule has 0 atom stereocenters. The summed E-state index contributed by atoms with van der Waals surface area (Å²) in [5, 5.41) is 4.58. The van der Waals surface area contributed by atoms with Gasteiger partial charge in [0.1, 0.15) is 18.1 Å². The lowest BCUT2D eigenvalue weighted by Gasteiger charge is -2.15. The number of carbonyl (C=O) groups is 2. The summed E-state index contributed by atoms with van der Waals surface area (Å²) in [7, 11) is 0. The molecule has 1 aromatic heterocycles. The molecule has 0 saturated heterocycles. The van der Waals surface area contributed by atoms with Crippen LogP contribution in [0, 0.1) is 5.82 Å². The predicted molar refractivity (Wildman–Crippen MR) is 108 cm³/mol. The van der Waals surface area contributed by atoms with Gasteiger partial charge in [-0.3, -0.25) is 19.0 Å². The third kappa shape index (κ3) is 5.39. The molecule has 0 aliphatic carbocycles. The van der Waals surface area contributed by atoms with Crippen molar-refractivity contribution in [3.05, 3.63) is 99.7 Å². The third-order valence-electron chi connectivity index (χ3n) is 4.49. The molecule has 1 heterocycles. The number of nitrogens with zero attached hydrogens (tertiary/aromatic N) is 1. The van der Waals surface area contributed by atoms with Gasteiger partial charge in [0.15, 0.2) is 0 Å². The molecule has 0 radical (unpaired) electrons. The fourth-order valence-electron chi connectivity index (χ4n) is 2.96. The molecule has 2 aromatic carbocycles. The summed E-state index contributed by atoms with van der Waals surface area (Å²) in [4.78, 5) is 37.2. The van der Waals surface area contributed by atoms with Crippen LogP contribution in [0.25, 0.3) is 0 Å². The van der Waals surface area contributed by atoms with Crippen LogP contribution in [0.1, 0.15) is 21.6 Å². The zero-order chi connectivity index (χ0) is 23.3. The molecule has 166 valence electrons. The van der Waals surface area contributed by atoms with E-state index in [4.69, 9.17) is 0 Å². The molecule has 32 heavy (non-hydrogen) atoms. The monoisotopic (exact) mass is 447 g/mol. The summed E-state index contributed by atoms with van der Waals surface area (Å²) in [5.74, 6) is -2.21. The van der Waals surface area contributed by atoms with Crippen molar-refractivity contribution in [1.82, 2.24) is 9.88 Å². The number of benzene rings is 2. The van der Waals surface area contributed by atoms with E-state index in [1.165, 1.54) is 42.5 Å². The molecule has 0 bridgehead atoms. The molecule has 0 fully saturated rings. The Morgan fingerprint density at radius 1 is 0.906 bits per heavy atom. The van der Waals surface area contributed by atoms with Gasteiger partial charge in [-0.25, -0.2) is 4.39 Å². The minimum Gasteiger partial charge on any atom is -0.347 e. The van der Waals surface area contributed by atoms with E-state index in [-0.39, 0.29) is 17.8 Å². The maximum Gasteiger partial charge on any atom is 0.418 e. The van der Waals surface area contributed by atoms with Crippen LogP contribution in [0.4, 0.5) is 23.2 Å². The van der Waals surface area contributed by atoms with Crippen molar-refractivity contribution in [2.75, 3.05) is 5.32 Å². The van der Waals surface area contributed by atoms with Crippen molar-refractivity contribution in [3.63, 3.8) is 0 Å². The largest absolute Gasteiger partial charge is 0.418 e. The highest BCUT2D eigenvalue weighted by Gasteiger charge is 2.33. The molecule has 3 rings (SSSR count). The number of halogens is 4. The third-order valence-corrected chi connectivity index (χ3v) is 4.49. The molecule has 3 aromatic rings. The van der Waals surface area contributed by atoms with Crippen molar-refractivity contribution in [3.8, 4) is 0 Å². The Bertz CT molecular complexity index is 1210. The molecule has 2 amide bonds. The van der Waals surface area contributed by atoms with Crippen LogP contribution in [-0.2, 0) is 24.1 Å². The second-order valence-corrected chi connectivity index (χ2v) is 6.70. The fraction of sp³-hybridized carbons (Fsp3) is 0.136. The average Bonchev–Trinajstić information content (AvgIpc) is 2.74. The summed E-state index contributed by atoms with van der Waals surface area (Å²) in [5.41, 5.74) is -2.21. The quantitative estimate of drug-likeness (QED) is 0.567. The second kappa shape index (κ2) is 9.46. The summed E-state index contributed by atoms with van der Waals surface area (Å²) >= 11 is 0. The number of nitrogens with one attached hydrogen (secondary N) is 2. The number of amides is 2. The minimum absolute atomic E-state index is 0.167. The number of hydrogen-bond donors (Lipinski definition) is 2. The smallest absolute Gasteiger partial charge is 0.347 e. The van der Waals surface area contributed by atoms with E-state index >= 15 is 0 Å². The number of alkyl halides is 3. The van der Waals surface area contributed by atoms with Crippen molar-refractivity contribution in [1.29, 1.82) is 0 Å². The van der Waals surface area contributed by atoms with Gasteiger partial charge in [0.05, 0.1) is 11.3 Å². The summed E-state index contributed by atoms with van der Waals surface area (Å²) in [6, 6.07) is 13.8. The SMILES string of the molecule is O=C(Cn1c(C(=O)NCc2ccccc2F)cccc1=O)Nc1ccccc1C(F)(F)F. The lowest BCUT2D eigenvalue weighted by Crippen LogP contribution is -2.35.